The van der Waals surface area contributed by atoms with E-state index < -0.39 is 35.7 Å². The van der Waals surface area contributed by atoms with Gasteiger partial charge in [0.2, 0.25) is 0 Å². The molecule has 9 nitrogen and oxygen atoms in total. The number of carbonyl (C=O) groups is 2. The average Bonchev–Trinajstić information content (AvgIpc) is 2.81. The Hall–Kier alpha value is -4.26. The molecule has 4 rings (SSSR count). The topological polar surface area (TPSA) is 111 Å². The van der Waals surface area contributed by atoms with Crippen molar-refractivity contribution in [2.24, 2.45) is 0 Å². The van der Waals surface area contributed by atoms with E-state index in [4.69, 9.17) is 16.3 Å². The maximum atomic E-state index is 13.4. The lowest BCUT2D eigenvalue weighted by molar-refractivity contribution is -0.391. The van der Waals surface area contributed by atoms with Crippen LogP contribution in [0.1, 0.15) is 10.5 Å². The van der Waals surface area contributed by atoms with Crippen LogP contribution in [0.25, 0.3) is 0 Å². The third-order valence-corrected chi connectivity index (χ3v) is 4.96. The number of nitrogens with zero attached hydrogens (tertiary/aromatic N) is 1. The summed E-state index contributed by atoms with van der Waals surface area (Å²) in [6.07, 6.45) is -8.37. The van der Waals surface area contributed by atoms with Gasteiger partial charge in [-0.1, -0.05) is 11.6 Å². The van der Waals surface area contributed by atoms with E-state index in [1.807, 2.05) is 0 Å². The normalized spacial score (nSPS) is 14.9. The van der Waals surface area contributed by atoms with Gasteiger partial charge in [-0.15, -0.1) is 0 Å². The van der Waals surface area contributed by atoms with Crippen molar-refractivity contribution in [1.29, 1.82) is 0 Å². The Morgan fingerprint density at radius 2 is 1.61 bits per heavy atom. The van der Waals surface area contributed by atoms with Crippen LogP contribution in [0.2, 0.25) is 5.02 Å². The first kappa shape index (κ1) is 24.9. The van der Waals surface area contributed by atoms with Gasteiger partial charge in [0.15, 0.2) is 11.5 Å². The molecule has 0 aliphatic carbocycles. The molecule has 188 valence electrons. The fourth-order valence-electron chi connectivity index (χ4n) is 2.96. The quantitative estimate of drug-likeness (QED) is 0.379. The summed E-state index contributed by atoms with van der Waals surface area (Å²) in [6, 6.07) is 9.43. The Labute approximate surface area is 205 Å². The summed E-state index contributed by atoms with van der Waals surface area (Å²) >= 11 is 6.13. The van der Waals surface area contributed by atoms with Crippen molar-refractivity contribution in [2.75, 3.05) is 17.7 Å². The van der Waals surface area contributed by atoms with Gasteiger partial charge >= 0.3 is 18.2 Å². The molecule has 2 aromatic carbocycles. The SMILES string of the molecule is CNC(=O)c1cc(Oc2ccc(Cl)c(NC(=O)Nc3ccc4c(c3)OC(F)(F)C(F)(F)O4)c2)ccn1. The zero-order valence-electron chi connectivity index (χ0n) is 18.1. The molecule has 0 saturated heterocycles. The number of amides is 3. The Balaban J connectivity index is 1.46. The molecule has 0 saturated carbocycles. The Morgan fingerprint density at radius 1 is 0.917 bits per heavy atom. The van der Waals surface area contributed by atoms with Crippen LogP contribution >= 0.6 is 11.6 Å². The minimum atomic E-state index is -4.90. The number of halogens is 5. The van der Waals surface area contributed by atoms with E-state index in [9.17, 15) is 27.2 Å². The molecular weight excluding hydrogens is 512 g/mol. The predicted octanol–water partition coefficient (Wildman–Crippen LogP) is 5.49. The van der Waals surface area contributed by atoms with Gasteiger partial charge in [0.1, 0.15) is 17.2 Å². The Kier molecular flexibility index (Phi) is 6.50. The predicted molar refractivity (Wildman–Crippen MR) is 119 cm³/mol. The molecule has 1 aliphatic heterocycles. The fraction of sp³-hybridized carbons (Fsp3) is 0.136. The number of carbonyl (C=O) groups excluding carboxylic acids is 2. The number of fused-ring (bicyclic) bond motifs is 1. The number of pyridine rings is 1. The molecule has 0 atom stereocenters. The lowest BCUT2D eigenvalue weighted by Gasteiger charge is -2.31. The molecule has 0 fully saturated rings. The van der Waals surface area contributed by atoms with Crippen molar-refractivity contribution in [3.05, 3.63) is 65.4 Å². The van der Waals surface area contributed by atoms with Crippen LogP contribution < -0.4 is 30.2 Å². The number of anilines is 2. The first-order valence-electron chi connectivity index (χ1n) is 9.99. The number of hydrogen-bond acceptors (Lipinski definition) is 6. The molecule has 1 aromatic heterocycles. The Morgan fingerprint density at radius 3 is 2.33 bits per heavy atom. The smallest absolute Gasteiger partial charge is 0.457 e. The number of rotatable bonds is 5. The summed E-state index contributed by atoms with van der Waals surface area (Å²) in [5.74, 6) is -1.18. The van der Waals surface area contributed by atoms with Crippen LogP contribution in [0.15, 0.2) is 54.7 Å². The second-order valence-corrected chi connectivity index (χ2v) is 7.59. The third-order valence-electron chi connectivity index (χ3n) is 4.63. The van der Waals surface area contributed by atoms with E-state index in [-0.39, 0.29) is 27.8 Å². The number of ether oxygens (including phenoxy) is 3. The number of urea groups is 1. The highest BCUT2D eigenvalue weighted by Crippen LogP contribution is 2.47. The summed E-state index contributed by atoms with van der Waals surface area (Å²) in [6.45, 7) is 0. The van der Waals surface area contributed by atoms with Gasteiger partial charge in [0.25, 0.3) is 5.91 Å². The molecule has 0 unspecified atom stereocenters. The van der Waals surface area contributed by atoms with E-state index in [0.29, 0.717) is 5.75 Å². The second-order valence-electron chi connectivity index (χ2n) is 7.18. The molecule has 0 spiro atoms. The fourth-order valence-corrected chi connectivity index (χ4v) is 3.12. The minimum Gasteiger partial charge on any atom is -0.457 e. The first-order valence-corrected chi connectivity index (χ1v) is 10.4. The van der Waals surface area contributed by atoms with E-state index in [1.54, 1.807) is 0 Å². The summed E-state index contributed by atoms with van der Waals surface area (Å²) in [5.41, 5.74) is 0.191. The molecule has 3 amide bonds. The number of aromatic nitrogens is 1. The van der Waals surface area contributed by atoms with Crippen molar-refractivity contribution in [2.45, 2.75) is 12.2 Å². The van der Waals surface area contributed by atoms with Crippen LogP contribution in [0.5, 0.6) is 23.0 Å². The van der Waals surface area contributed by atoms with Crippen molar-refractivity contribution < 1.29 is 41.4 Å². The van der Waals surface area contributed by atoms with Crippen LogP contribution in [0.4, 0.5) is 33.7 Å². The van der Waals surface area contributed by atoms with Gasteiger partial charge < -0.3 is 30.2 Å². The van der Waals surface area contributed by atoms with E-state index in [1.165, 1.54) is 43.6 Å². The molecule has 3 aromatic rings. The highest BCUT2D eigenvalue weighted by Gasteiger charge is 2.65. The lowest BCUT2D eigenvalue weighted by Crippen LogP contribution is -2.52. The zero-order valence-corrected chi connectivity index (χ0v) is 18.8. The maximum absolute atomic E-state index is 13.4. The van der Waals surface area contributed by atoms with Gasteiger partial charge in [0, 0.05) is 37.1 Å². The van der Waals surface area contributed by atoms with Gasteiger partial charge in [-0.25, -0.2) is 4.79 Å². The largest absolute Gasteiger partial charge is 0.507 e. The molecule has 3 N–H and O–H groups in total. The second kappa shape index (κ2) is 9.41. The molecule has 14 heteroatoms. The number of benzene rings is 2. The zero-order chi connectivity index (χ0) is 26.1. The third kappa shape index (κ3) is 5.20. The van der Waals surface area contributed by atoms with E-state index >= 15 is 0 Å². The average molecular weight is 527 g/mol. The van der Waals surface area contributed by atoms with Crippen LogP contribution in [0.3, 0.4) is 0 Å². The molecule has 0 radical (unpaired) electrons. The minimum absolute atomic E-state index is 0.0575. The number of nitrogens with one attached hydrogen (secondary N) is 3. The van der Waals surface area contributed by atoms with Crippen LogP contribution in [-0.2, 0) is 0 Å². The molecular formula is C22H15ClF4N4O5. The van der Waals surface area contributed by atoms with Crippen molar-refractivity contribution in [1.82, 2.24) is 10.3 Å². The summed E-state index contributed by atoms with van der Waals surface area (Å²) < 4.78 is 67.1. The van der Waals surface area contributed by atoms with E-state index in [2.05, 4.69) is 30.4 Å². The van der Waals surface area contributed by atoms with Crippen molar-refractivity contribution in [3.8, 4) is 23.0 Å². The monoisotopic (exact) mass is 526 g/mol. The summed E-state index contributed by atoms with van der Waals surface area (Å²) in [5, 5.41) is 7.38. The van der Waals surface area contributed by atoms with Gasteiger partial charge in [0.05, 0.1) is 10.7 Å². The van der Waals surface area contributed by atoms with Crippen LogP contribution in [-0.4, -0.2) is 36.2 Å². The first-order chi connectivity index (χ1) is 17.0. The molecule has 0 bridgehead atoms. The van der Waals surface area contributed by atoms with Gasteiger partial charge in [-0.3, -0.25) is 9.78 Å². The van der Waals surface area contributed by atoms with Gasteiger partial charge in [-0.05, 0) is 30.3 Å². The highest BCUT2D eigenvalue weighted by molar-refractivity contribution is 6.33. The summed E-state index contributed by atoms with van der Waals surface area (Å²) in [7, 11) is 1.46. The van der Waals surface area contributed by atoms with Crippen molar-refractivity contribution >= 4 is 34.9 Å². The van der Waals surface area contributed by atoms with E-state index in [0.717, 1.165) is 18.2 Å². The lowest BCUT2D eigenvalue weighted by atomic mass is 10.2. The molecule has 36 heavy (non-hydrogen) atoms. The standard InChI is InChI=1S/C22H15ClF4N4O5/c1-28-19(32)16-10-13(6-7-29-16)34-12-3-4-14(23)15(9-12)31-20(33)30-11-2-5-17-18(8-11)36-22(26,27)21(24,25)35-17/h2-10H,1H3,(H,28,32)(H2,30,31,33). The maximum Gasteiger partial charge on any atom is 0.507 e. The van der Waals surface area contributed by atoms with Crippen molar-refractivity contribution in [3.63, 3.8) is 0 Å². The van der Waals surface area contributed by atoms with Crippen LogP contribution in [0, 0.1) is 0 Å². The number of alkyl halides is 4. The Bertz CT molecular complexity index is 1340. The number of hydrogen-bond donors (Lipinski definition) is 3. The molecule has 1 aliphatic rings. The van der Waals surface area contributed by atoms with Gasteiger partial charge in [-0.2, -0.15) is 17.6 Å². The molecule has 2 heterocycles. The summed E-state index contributed by atoms with van der Waals surface area (Å²) in [4.78, 5) is 28.1. The highest BCUT2D eigenvalue weighted by atomic mass is 35.5.